The van der Waals surface area contributed by atoms with Crippen molar-refractivity contribution in [3.8, 4) is 0 Å². The fourth-order valence-corrected chi connectivity index (χ4v) is 3.41. The van der Waals surface area contributed by atoms with Crippen LogP contribution in [-0.2, 0) is 4.79 Å². The first kappa shape index (κ1) is 19.6. The largest absolute Gasteiger partial charge is 0.320 e. The van der Waals surface area contributed by atoms with Gasteiger partial charge in [0.05, 0.1) is 0 Å². The zero-order chi connectivity index (χ0) is 20.1. The Labute approximate surface area is 168 Å². The second kappa shape index (κ2) is 8.67. The van der Waals surface area contributed by atoms with Gasteiger partial charge in [-0.25, -0.2) is 0 Å². The van der Waals surface area contributed by atoms with Gasteiger partial charge in [-0.2, -0.15) is 0 Å². The molecule has 0 atom stereocenters. The van der Waals surface area contributed by atoms with Gasteiger partial charge in [0, 0.05) is 16.1 Å². The molecule has 142 valence electrons. The van der Waals surface area contributed by atoms with E-state index in [-0.39, 0.29) is 17.5 Å². The molecule has 1 aromatic heterocycles. The molecule has 0 fully saturated rings. The van der Waals surface area contributed by atoms with E-state index >= 15 is 0 Å². The van der Waals surface area contributed by atoms with Gasteiger partial charge in [-0.3, -0.25) is 9.59 Å². The number of hydrogen-bond donors (Lipinski definition) is 2. The summed E-state index contributed by atoms with van der Waals surface area (Å²) in [4.78, 5) is 26.6. The topological polar surface area (TPSA) is 58.2 Å². The fraction of sp³-hybridized carbons (Fsp3) is 0.130. The van der Waals surface area contributed by atoms with E-state index in [1.165, 1.54) is 11.3 Å². The third-order valence-electron chi connectivity index (χ3n) is 4.35. The lowest BCUT2D eigenvalue weighted by molar-refractivity contribution is -0.113. The SMILES string of the molecule is Cc1ccc(C)c(NC(=O)/C(=C/c2cccs2)NC(=O)c2ccccc2C)c1. The van der Waals surface area contributed by atoms with E-state index in [0.29, 0.717) is 5.56 Å². The lowest BCUT2D eigenvalue weighted by atomic mass is 10.1. The van der Waals surface area contributed by atoms with Crippen LogP contribution in [-0.4, -0.2) is 11.8 Å². The van der Waals surface area contributed by atoms with Crippen molar-refractivity contribution in [1.29, 1.82) is 0 Å². The van der Waals surface area contributed by atoms with Gasteiger partial charge in [-0.05, 0) is 67.1 Å². The van der Waals surface area contributed by atoms with E-state index in [2.05, 4.69) is 10.6 Å². The Morgan fingerprint density at radius 2 is 1.71 bits per heavy atom. The molecule has 4 nitrogen and oxygen atoms in total. The molecule has 3 aromatic rings. The molecule has 2 N–H and O–H groups in total. The summed E-state index contributed by atoms with van der Waals surface area (Å²) in [6, 6.07) is 17.0. The van der Waals surface area contributed by atoms with Gasteiger partial charge in [-0.15, -0.1) is 11.3 Å². The van der Waals surface area contributed by atoms with Crippen LogP contribution >= 0.6 is 11.3 Å². The van der Waals surface area contributed by atoms with E-state index < -0.39 is 0 Å². The molecular weight excluding hydrogens is 368 g/mol. The second-order valence-corrected chi connectivity index (χ2v) is 7.59. The van der Waals surface area contributed by atoms with E-state index in [9.17, 15) is 9.59 Å². The van der Waals surface area contributed by atoms with Gasteiger partial charge in [-0.1, -0.05) is 36.4 Å². The lowest BCUT2D eigenvalue weighted by Crippen LogP contribution is -2.31. The number of benzene rings is 2. The number of carbonyl (C=O) groups excluding carboxylic acids is 2. The molecule has 0 unspecified atom stereocenters. The third kappa shape index (κ3) is 4.75. The molecule has 2 amide bonds. The number of amides is 2. The molecule has 0 saturated carbocycles. The van der Waals surface area contributed by atoms with E-state index in [1.807, 2.05) is 68.6 Å². The highest BCUT2D eigenvalue weighted by Crippen LogP contribution is 2.19. The van der Waals surface area contributed by atoms with Crippen LogP contribution in [0.25, 0.3) is 6.08 Å². The van der Waals surface area contributed by atoms with Crippen LogP contribution in [0, 0.1) is 20.8 Å². The highest BCUT2D eigenvalue weighted by Gasteiger charge is 2.17. The summed E-state index contributed by atoms with van der Waals surface area (Å²) < 4.78 is 0. The Hall–Kier alpha value is -3.18. The Morgan fingerprint density at radius 3 is 2.43 bits per heavy atom. The van der Waals surface area contributed by atoms with Gasteiger partial charge < -0.3 is 10.6 Å². The van der Waals surface area contributed by atoms with E-state index in [4.69, 9.17) is 0 Å². The summed E-state index contributed by atoms with van der Waals surface area (Å²) in [5.74, 6) is -0.666. The first-order chi connectivity index (χ1) is 13.4. The van der Waals surface area contributed by atoms with Crippen LogP contribution in [0.2, 0.25) is 0 Å². The Balaban J connectivity index is 1.89. The Morgan fingerprint density at radius 1 is 0.929 bits per heavy atom. The number of anilines is 1. The third-order valence-corrected chi connectivity index (χ3v) is 5.17. The maximum absolute atomic E-state index is 13.0. The molecule has 2 aromatic carbocycles. The van der Waals surface area contributed by atoms with E-state index in [1.54, 1.807) is 18.2 Å². The van der Waals surface area contributed by atoms with Gasteiger partial charge in [0.25, 0.3) is 11.8 Å². The van der Waals surface area contributed by atoms with Gasteiger partial charge in [0.2, 0.25) is 0 Å². The predicted octanol–water partition coefficient (Wildman–Crippen LogP) is 5.08. The number of hydrogen-bond acceptors (Lipinski definition) is 3. The maximum atomic E-state index is 13.0. The normalized spacial score (nSPS) is 11.2. The maximum Gasteiger partial charge on any atom is 0.272 e. The minimum absolute atomic E-state index is 0.205. The summed E-state index contributed by atoms with van der Waals surface area (Å²) in [6.45, 7) is 5.77. The van der Waals surface area contributed by atoms with Crippen LogP contribution in [0.3, 0.4) is 0 Å². The van der Waals surface area contributed by atoms with Crippen LogP contribution < -0.4 is 10.6 Å². The summed E-state index contributed by atoms with van der Waals surface area (Å²) in [7, 11) is 0. The lowest BCUT2D eigenvalue weighted by Gasteiger charge is -2.13. The van der Waals surface area contributed by atoms with Crippen molar-refractivity contribution < 1.29 is 9.59 Å². The predicted molar refractivity (Wildman–Crippen MR) is 115 cm³/mol. The van der Waals surface area contributed by atoms with Crippen molar-refractivity contribution in [2.75, 3.05) is 5.32 Å². The quantitative estimate of drug-likeness (QED) is 0.597. The van der Waals surface area contributed by atoms with Crippen molar-refractivity contribution in [3.05, 3.63) is 92.8 Å². The van der Waals surface area contributed by atoms with Crippen molar-refractivity contribution in [3.63, 3.8) is 0 Å². The second-order valence-electron chi connectivity index (χ2n) is 6.61. The fourth-order valence-electron chi connectivity index (χ4n) is 2.75. The van der Waals surface area contributed by atoms with Gasteiger partial charge >= 0.3 is 0 Å². The standard InChI is InChI=1S/C23H22N2O2S/c1-15-10-11-17(3)20(13-15)24-23(27)21(14-18-8-6-12-28-18)25-22(26)19-9-5-4-7-16(19)2/h4-14H,1-3H3,(H,24,27)(H,25,26)/b21-14-. The average molecular weight is 391 g/mol. The molecule has 0 spiro atoms. The van der Waals surface area contributed by atoms with Gasteiger partial charge in [0.15, 0.2) is 0 Å². The number of rotatable bonds is 5. The minimum atomic E-state index is -0.357. The summed E-state index contributed by atoms with van der Waals surface area (Å²) in [6.07, 6.45) is 1.70. The minimum Gasteiger partial charge on any atom is -0.320 e. The molecule has 0 radical (unpaired) electrons. The summed E-state index contributed by atoms with van der Waals surface area (Å²) >= 11 is 1.50. The molecule has 5 heteroatoms. The molecule has 0 aliphatic heterocycles. The monoisotopic (exact) mass is 390 g/mol. The Kier molecular flexibility index (Phi) is 6.06. The van der Waals surface area contributed by atoms with Gasteiger partial charge in [0.1, 0.15) is 5.70 Å². The number of thiophene rings is 1. The highest BCUT2D eigenvalue weighted by molar-refractivity contribution is 7.10. The van der Waals surface area contributed by atoms with Crippen LogP contribution in [0.5, 0.6) is 0 Å². The molecule has 1 heterocycles. The molecule has 3 rings (SSSR count). The molecule has 28 heavy (non-hydrogen) atoms. The Bertz CT molecular complexity index is 1040. The van der Waals surface area contributed by atoms with Crippen molar-refractivity contribution in [1.82, 2.24) is 5.32 Å². The van der Waals surface area contributed by atoms with Crippen molar-refractivity contribution in [2.24, 2.45) is 0 Å². The highest BCUT2D eigenvalue weighted by atomic mass is 32.1. The first-order valence-corrected chi connectivity index (χ1v) is 9.83. The smallest absolute Gasteiger partial charge is 0.272 e. The number of nitrogens with one attached hydrogen (secondary N) is 2. The van der Waals surface area contributed by atoms with Crippen molar-refractivity contribution >= 4 is 34.9 Å². The number of carbonyl (C=O) groups is 2. The van der Waals surface area contributed by atoms with E-state index in [0.717, 1.165) is 27.3 Å². The summed E-state index contributed by atoms with van der Waals surface area (Å²) in [5.41, 5.74) is 4.33. The zero-order valence-corrected chi connectivity index (χ0v) is 16.9. The molecule has 0 aliphatic rings. The molecule has 0 saturated heterocycles. The molecular formula is C23H22N2O2S. The average Bonchev–Trinajstić information content (AvgIpc) is 3.17. The molecule has 0 aliphatic carbocycles. The molecule has 0 bridgehead atoms. The van der Waals surface area contributed by atoms with Crippen molar-refractivity contribution in [2.45, 2.75) is 20.8 Å². The first-order valence-electron chi connectivity index (χ1n) is 8.95. The number of aryl methyl sites for hydroxylation is 3. The van der Waals surface area contributed by atoms with Crippen LogP contribution in [0.4, 0.5) is 5.69 Å². The van der Waals surface area contributed by atoms with Crippen LogP contribution in [0.15, 0.2) is 65.7 Å². The summed E-state index contributed by atoms with van der Waals surface area (Å²) in [5, 5.41) is 7.63. The van der Waals surface area contributed by atoms with Crippen LogP contribution in [0.1, 0.15) is 31.9 Å². The zero-order valence-electron chi connectivity index (χ0n) is 16.1.